The predicted octanol–water partition coefficient (Wildman–Crippen LogP) is 17.0. The van der Waals surface area contributed by atoms with E-state index in [9.17, 15) is 0 Å². The molecule has 0 radical (unpaired) electrons. The van der Waals surface area contributed by atoms with E-state index in [0.29, 0.717) is 17.5 Å². The highest BCUT2D eigenvalue weighted by atomic mass is 15.0. The zero-order valence-corrected chi connectivity index (χ0v) is 40.5. The smallest absolute Gasteiger partial charge is 0.164 e. The molecule has 0 N–H and O–H groups in total. The fourth-order valence-corrected chi connectivity index (χ4v) is 10.6. The van der Waals surface area contributed by atoms with Crippen LogP contribution in [-0.4, -0.2) is 20.7 Å². The van der Waals surface area contributed by atoms with Gasteiger partial charge < -0.3 is 0 Å². The SMILES string of the molecule is CC(=Nc1ccccc1C)c1cccc(-c2nc(-c3ccc(-c4ccc(-c5ccccc5)cc4)cc3)nc(-c3ccc4c(c3)C3(c5ccccc5-c5ccccc53)c3ccccc3-4)n2)c1.Cc1ccccc1. The largest absolute Gasteiger partial charge is 0.253 e. The molecular weight excluding hydrogens is 873 g/mol. The average Bonchev–Trinajstić information content (AvgIpc) is 3.92. The molecular formula is C68H50N4. The van der Waals surface area contributed by atoms with Crippen LogP contribution in [0, 0.1) is 13.8 Å². The fraction of sp³-hybridized carbons (Fsp3) is 0.0588. The normalized spacial score (nSPS) is 12.6. The quantitative estimate of drug-likeness (QED) is 0.150. The summed E-state index contributed by atoms with van der Waals surface area (Å²) < 4.78 is 0. The molecule has 10 aromatic carbocycles. The second-order valence-electron chi connectivity index (χ2n) is 18.7. The van der Waals surface area contributed by atoms with Crippen molar-refractivity contribution in [2.45, 2.75) is 26.2 Å². The molecule has 0 bridgehead atoms. The van der Waals surface area contributed by atoms with E-state index in [4.69, 9.17) is 19.9 Å². The summed E-state index contributed by atoms with van der Waals surface area (Å²) in [7, 11) is 0. The molecule has 4 heteroatoms. The Bertz CT molecular complexity index is 3750. The van der Waals surface area contributed by atoms with E-state index in [1.54, 1.807) is 0 Å². The number of nitrogens with zero attached hydrogens (tertiary/aromatic N) is 4. The molecule has 0 fully saturated rings. The Hall–Kier alpha value is -9.12. The van der Waals surface area contributed by atoms with Gasteiger partial charge in [-0.15, -0.1) is 0 Å². The Kier molecular flexibility index (Phi) is 11.4. The van der Waals surface area contributed by atoms with Crippen LogP contribution in [0.15, 0.2) is 254 Å². The molecule has 2 aliphatic carbocycles. The van der Waals surface area contributed by atoms with Gasteiger partial charge in [0, 0.05) is 22.4 Å². The minimum Gasteiger partial charge on any atom is -0.253 e. The van der Waals surface area contributed by atoms with Gasteiger partial charge in [-0.2, -0.15) is 0 Å². The van der Waals surface area contributed by atoms with Gasteiger partial charge in [0.1, 0.15) is 0 Å². The molecule has 72 heavy (non-hydrogen) atoms. The van der Waals surface area contributed by atoms with Gasteiger partial charge in [0.05, 0.1) is 11.1 Å². The Morgan fingerprint density at radius 1 is 0.333 bits per heavy atom. The summed E-state index contributed by atoms with van der Waals surface area (Å²) in [5.41, 5.74) is 22.5. The molecule has 13 rings (SSSR count). The third kappa shape index (κ3) is 7.93. The Morgan fingerprint density at radius 3 is 1.26 bits per heavy atom. The minimum absolute atomic E-state index is 0.481. The lowest BCUT2D eigenvalue weighted by molar-refractivity contribution is 0.794. The molecule has 0 unspecified atom stereocenters. The van der Waals surface area contributed by atoms with Crippen LogP contribution in [-0.2, 0) is 5.41 Å². The number of aliphatic imine (C=N–C) groups is 1. The first-order chi connectivity index (χ1) is 35.4. The van der Waals surface area contributed by atoms with Crippen LogP contribution < -0.4 is 0 Å². The molecule has 2 aliphatic rings. The molecule has 4 nitrogen and oxygen atoms in total. The van der Waals surface area contributed by atoms with Gasteiger partial charge in [-0.05, 0) is 117 Å². The van der Waals surface area contributed by atoms with Gasteiger partial charge >= 0.3 is 0 Å². The molecule has 342 valence electrons. The number of hydrogen-bond acceptors (Lipinski definition) is 4. The molecule has 1 aromatic heterocycles. The van der Waals surface area contributed by atoms with Crippen LogP contribution in [0.1, 0.15) is 45.9 Å². The summed E-state index contributed by atoms with van der Waals surface area (Å²) in [6.45, 7) is 6.23. The van der Waals surface area contributed by atoms with Crippen molar-refractivity contribution < 1.29 is 0 Å². The molecule has 1 spiro atoms. The summed E-state index contributed by atoms with van der Waals surface area (Å²) in [4.78, 5) is 20.9. The fourth-order valence-electron chi connectivity index (χ4n) is 10.6. The van der Waals surface area contributed by atoms with E-state index < -0.39 is 5.41 Å². The summed E-state index contributed by atoms with van der Waals surface area (Å²) in [6, 6.07) is 88.2. The first-order valence-electron chi connectivity index (χ1n) is 24.6. The lowest BCUT2D eigenvalue weighted by Gasteiger charge is -2.30. The second-order valence-corrected chi connectivity index (χ2v) is 18.7. The molecule has 11 aromatic rings. The van der Waals surface area contributed by atoms with Crippen molar-refractivity contribution in [3.05, 3.63) is 288 Å². The van der Waals surface area contributed by atoms with E-state index in [2.05, 4.69) is 233 Å². The van der Waals surface area contributed by atoms with E-state index in [0.717, 1.165) is 50.3 Å². The van der Waals surface area contributed by atoms with E-state index in [1.807, 2.05) is 36.4 Å². The topological polar surface area (TPSA) is 51.0 Å². The monoisotopic (exact) mass is 922 g/mol. The van der Waals surface area contributed by atoms with Crippen molar-refractivity contribution in [1.29, 1.82) is 0 Å². The van der Waals surface area contributed by atoms with Crippen molar-refractivity contribution in [1.82, 2.24) is 15.0 Å². The van der Waals surface area contributed by atoms with Crippen LogP contribution >= 0.6 is 0 Å². The van der Waals surface area contributed by atoms with Crippen LogP contribution in [0.4, 0.5) is 5.69 Å². The third-order valence-corrected chi connectivity index (χ3v) is 14.2. The highest BCUT2D eigenvalue weighted by Gasteiger charge is 2.51. The molecule has 0 saturated carbocycles. The van der Waals surface area contributed by atoms with Crippen molar-refractivity contribution >= 4 is 11.4 Å². The highest BCUT2D eigenvalue weighted by molar-refractivity contribution is 6.01. The number of para-hydroxylation sites is 1. The summed E-state index contributed by atoms with van der Waals surface area (Å²) in [5, 5.41) is 0. The summed E-state index contributed by atoms with van der Waals surface area (Å²) in [5.74, 6) is 1.84. The van der Waals surface area contributed by atoms with E-state index in [-0.39, 0.29) is 0 Å². The maximum Gasteiger partial charge on any atom is 0.164 e. The number of hydrogen-bond donors (Lipinski definition) is 0. The van der Waals surface area contributed by atoms with Gasteiger partial charge in [0.25, 0.3) is 0 Å². The maximum atomic E-state index is 5.31. The molecule has 0 aliphatic heterocycles. The van der Waals surface area contributed by atoms with Gasteiger partial charge in [-0.25, -0.2) is 15.0 Å². The maximum absolute atomic E-state index is 5.31. The number of aryl methyl sites for hydroxylation is 2. The highest BCUT2D eigenvalue weighted by Crippen LogP contribution is 2.63. The van der Waals surface area contributed by atoms with Gasteiger partial charge in [0.15, 0.2) is 17.5 Å². The van der Waals surface area contributed by atoms with Crippen molar-refractivity contribution in [2.75, 3.05) is 0 Å². The molecule has 1 heterocycles. The van der Waals surface area contributed by atoms with Crippen molar-refractivity contribution in [2.24, 2.45) is 4.99 Å². The molecule has 0 saturated heterocycles. The van der Waals surface area contributed by atoms with Crippen LogP contribution in [0.5, 0.6) is 0 Å². The number of benzene rings is 10. The van der Waals surface area contributed by atoms with E-state index in [1.165, 1.54) is 61.2 Å². The minimum atomic E-state index is -0.481. The Morgan fingerprint density at radius 2 is 0.736 bits per heavy atom. The summed E-state index contributed by atoms with van der Waals surface area (Å²) >= 11 is 0. The zero-order valence-electron chi connectivity index (χ0n) is 40.5. The Balaban J connectivity index is 0.000000700. The van der Waals surface area contributed by atoms with Crippen molar-refractivity contribution in [3.8, 4) is 78.7 Å². The van der Waals surface area contributed by atoms with Gasteiger partial charge in [0.2, 0.25) is 0 Å². The first-order valence-corrected chi connectivity index (χ1v) is 24.6. The Labute approximate surface area is 421 Å². The zero-order chi connectivity index (χ0) is 48.6. The first kappa shape index (κ1) is 44.1. The lowest BCUT2D eigenvalue weighted by atomic mass is 9.70. The average molecular weight is 923 g/mol. The lowest BCUT2D eigenvalue weighted by Crippen LogP contribution is -2.25. The molecule has 0 atom stereocenters. The van der Waals surface area contributed by atoms with Crippen LogP contribution in [0.25, 0.3) is 78.7 Å². The van der Waals surface area contributed by atoms with Crippen LogP contribution in [0.2, 0.25) is 0 Å². The van der Waals surface area contributed by atoms with Gasteiger partial charge in [-0.3, -0.25) is 4.99 Å². The van der Waals surface area contributed by atoms with E-state index >= 15 is 0 Å². The van der Waals surface area contributed by atoms with Crippen LogP contribution in [0.3, 0.4) is 0 Å². The predicted molar refractivity (Wildman–Crippen MR) is 298 cm³/mol. The second kappa shape index (κ2) is 18.7. The standard InChI is InChI=1S/C61H42N4.C7H8/c1-39-15-6-13-26-57(39)62-40(2)46-18-14-19-47(37-46)59-63-58(45-33-31-44(32-34-45)43-29-27-42(28-30-43)41-16-4-3-5-17-41)64-60(65-59)48-35-36-52-51-22-9-12-25-55(51)61(56(52)38-48)53-23-10-7-20-49(53)50-21-8-11-24-54(50)61;1-7-5-3-2-4-6-7/h3-38H,1-2H3;2-6H,1H3. The van der Waals surface area contributed by atoms with Gasteiger partial charge in [-0.1, -0.05) is 236 Å². The number of aromatic nitrogens is 3. The van der Waals surface area contributed by atoms with Crippen molar-refractivity contribution in [3.63, 3.8) is 0 Å². The third-order valence-electron chi connectivity index (χ3n) is 14.2. The summed E-state index contributed by atoms with van der Waals surface area (Å²) in [6.07, 6.45) is 0. The number of rotatable bonds is 7. The number of fused-ring (bicyclic) bond motifs is 10. The molecule has 0 amide bonds.